The Kier molecular flexibility index (Phi) is 5.10. The van der Waals surface area contributed by atoms with Crippen LogP contribution in [0.4, 0.5) is 0 Å². The van der Waals surface area contributed by atoms with Crippen LogP contribution in [-0.2, 0) is 16.1 Å². The lowest BCUT2D eigenvalue weighted by atomic mass is 10.2. The number of esters is 1. The summed E-state index contributed by atoms with van der Waals surface area (Å²) in [7, 11) is 0. The zero-order valence-corrected chi connectivity index (χ0v) is 9.64. The molecule has 1 aromatic carbocycles. The van der Waals surface area contributed by atoms with E-state index < -0.39 is 0 Å². The summed E-state index contributed by atoms with van der Waals surface area (Å²) in [5.74, 6) is 0.0268. The fourth-order valence-corrected chi connectivity index (χ4v) is 1.08. The summed E-state index contributed by atoms with van der Waals surface area (Å²) in [5.41, 5.74) is 3.78. The van der Waals surface area contributed by atoms with Gasteiger partial charge < -0.3 is 4.74 Å². The van der Waals surface area contributed by atoms with E-state index in [1.807, 2.05) is 50.3 Å². The largest absolute Gasteiger partial charge is 0.457 e. The second-order valence-corrected chi connectivity index (χ2v) is 3.81. The molecule has 84 valence electrons. The zero-order valence-electron chi connectivity index (χ0n) is 9.64. The predicted octanol–water partition coefficient (Wildman–Crippen LogP) is 3.10. The Balaban J connectivity index is 2.39. The molecule has 0 heterocycles. The third-order valence-corrected chi connectivity index (χ3v) is 1.85. The molecule has 0 radical (unpaired) electrons. The highest BCUT2D eigenvalue weighted by molar-refractivity contribution is 5.81. The van der Waals surface area contributed by atoms with Crippen LogP contribution in [0.15, 0.2) is 48.2 Å². The van der Waals surface area contributed by atoms with Crippen molar-refractivity contribution in [3.8, 4) is 0 Å². The Labute approximate surface area is 96.2 Å². The molecule has 0 unspecified atom stereocenters. The number of ether oxygens (including phenoxy) is 1. The van der Waals surface area contributed by atoms with Crippen LogP contribution in [0.1, 0.15) is 19.4 Å². The third-order valence-electron chi connectivity index (χ3n) is 1.85. The maximum Gasteiger partial charge on any atom is 0.338 e. The van der Waals surface area contributed by atoms with E-state index in [0.717, 1.165) is 5.56 Å². The molecule has 2 nitrogen and oxygen atoms in total. The van der Waals surface area contributed by atoms with Gasteiger partial charge in [0.25, 0.3) is 0 Å². The van der Waals surface area contributed by atoms with Gasteiger partial charge in [-0.15, -0.1) is 5.73 Å². The number of carbonyl (C=O) groups is 1. The van der Waals surface area contributed by atoms with Gasteiger partial charge in [-0.3, -0.25) is 0 Å². The van der Waals surface area contributed by atoms with E-state index in [4.69, 9.17) is 4.74 Å². The Morgan fingerprint density at radius 2 is 2.06 bits per heavy atom. The quantitative estimate of drug-likeness (QED) is 0.439. The number of benzene rings is 1. The summed E-state index contributed by atoms with van der Waals surface area (Å²) in [6.07, 6.45) is 3.15. The minimum atomic E-state index is -0.360. The summed E-state index contributed by atoms with van der Waals surface area (Å²) in [6.45, 7) is 4.35. The molecule has 0 amide bonds. The molecule has 0 aromatic heterocycles. The second-order valence-electron chi connectivity index (χ2n) is 3.81. The van der Waals surface area contributed by atoms with Gasteiger partial charge in [0.05, 0.1) is 6.08 Å². The van der Waals surface area contributed by atoms with Crippen LogP contribution in [0.5, 0.6) is 0 Å². The Hall–Kier alpha value is -1.79. The van der Waals surface area contributed by atoms with Crippen molar-refractivity contribution >= 4 is 5.97 Å². The molecule has 0 fully saturated rings. The SMILES string of the molecule is CC(C)C=C=CC(=O)OCc1ccccc1. The fourth-order valence-electron chi connectivity index (χ4n) is 1.08. The van der Waals surface area contributed by atoms with Crippen LogP contribution >= 0.6 is 0 Å². The maximum atomic E-state index is 11.2. The summed E-state index contributed by atoms with van der Waals surface area (Å²) < 4.78 is 5.03. The minimum absolute atomic E-state index is 0.305. The first-order valence-corrected chi connectivity index (χ1v) is 5.32. The van der Waals surface area contributed by atoms with E-state index in [9.17, 15) is 4.79 Å². The molecule has 0 bridgehead atoms. The van der Waals surface area contributed by atoms with Gasteiger partial charge in [-0.25, -0.2) is 4.79 Å². The Morgan fingerprint density at radius 1 is 1.38 bits per heavy atom. The van der Waals surface area contributed by atoms with Gasteiger partial charge in [-0.2, -0.15) is 0 Å². The van der Waals surface area contributed by atoms with Crippen LogP contribution < -0.4 is 0 Å². The molecule has 0 spiro atoms. The van der Waals surface area contributed by atoms with Gasteiger partial charge in [-0.1, -0.05) is 44.2 Å². The zero-order chi connectivity index (χ0) is 11.8. The molecule has 0 saturated carbocycles. The smallest absolute Gasteiger partial charge is 0.338 e. The fraction of sp³-hybridized carbons (Fsp3) is 0.286. The van der Waals surface area contributed by atoms with Crippen molar-refractivity contribution in [1.29, 1.82) is 0 Å². The lowest BCUT2D eigenvalue weighted by Gasteiger charge is -2.00. The second kappa shape index (κ2) is 6.65. The van der Waals surface area contributed by atoms with Gasteiger partial charge in [0, 0.05) is 0 Å². The summed E-state index contributed by atoms with van der Waals surface area (Å²) in [5, 5.41) is 0. The highest BCUT2D eigenvalue weighted by Gasteiger charge is 1.96. The normalized spacial score (nSPS) is 9.44. The van der Waals surface area contributed by atoms with Crippen LogP contribution in [0.25, 0.3) is 0 Å². The first-order chi connectivity index (χ1) is 7.68. The van der Waals surface area contributed by atoms with Crippen molar-refractivity contribution in [2.24, 2.45) is 5.92 Å². The van der Waals surface area contributed by atoms with Gasteiger partial charge in [-0.05, 0) is 17.6 Å². The molecule has 0 aliphatic heterocycles. The predicted molar refractivity (Wildman–Crippen MR) is 63.7 cm³/mol. The Bertz CT molecular complexity index is 384. The topological polar surface area (TPSA) is 26.3 Å². The summed E-state index contributed by atoms with van der Waals surface area (Å²) >= 11 is 0. The van der Waals surface area contributed by atoms with E-state index in [1.54, 1.807) is 0 Å². The van der Waals surface area contributed by atoms with E-state index in [-0.39, 0.29) is 5.97 Å². The molecule has 0 aliphatic carbocycles. The average molecular weight is 216 g/mol. The van der Waals surface area contributed by atoms with E-state index in [1.165, 1.54) is 6.08 Å². The van der Waals surface area contributed by atoms with Crippen molar-refractivity contribution in [2.75, 3.05) is 0 Å². The molecule has 0 saturated heterocycles. The van der Waals surface area contributed by atoms with Crippen molar-refractivity contribution in [3.63, 3.8) is 0 Å². The van der Waals surface area contributed by atoms with E-state index in [0.29, 0.717) is 12.5 Å². The highest BCUT2D eigenvalue weighted by atomic mass is 16.5. The summed E-state index contributed by atoms with van der Waals surface area (Å²) in [4.78, 5) is 11.2. The van der Waals surface area contributed by atoms with Gasteiger partial charge in [0.1, 0.15) is 6.61 Å². The average Bonchev–Trinajstić information content (AvgIpc) is 2.27. The molecule has 16 heavy (non-hydrogen) atoms. The van der Waals surface area contributed by atoms with E-state index in [2.05, 4.69) is 5.73 Å². The van der Waals surface area contributed by atoms with E-state index >= 15 is 0 Å². The van der Waals surface area contributed by atoms with Crippen molar-refractivity contribution < 1.29 is 9.53 Å². The number of hydrogen-bond acceptors (Lipinski definition) is 2. The summed E-state index contributed by atoms with van der Waals surface area (Å²) in [6, 6.07) is 9.59. The van der Waals surface area contributed by atoms with Crippen LogP contribution in [0.2, 0.25) is 0 Å². The first-order valence-electron chi connectivity index (χ1n) is 5.32. The van der Waals surface area contributed by atoms with Gasteiger partial charge >= 0.3 is 5.97 Å². The molecule has 0 aliphatic rings. The van der Waals surface area contributed by atoms with Crippen LogP contribution in [-0.4, -0.2) is 5.97 Å². The Morgan fingerprint density at radius 3 is 2.69 bits per heavy atom. The molecule has 1 aromatic rings. The molecule has 0 atom stereocenters. The molecular weight excluding hydrogens is 200 g/mol. The van der Waals surface area contributed by atoms with Crippen molar-refractivity contribution in [1.82, 2.24) is 0 Å². The van der Waals surface area contributed by atoms with Crippen LogP contribution in [0.3, 0.4) is 0 Å². The van der Waals surface area contributed by atoms with Crippen molar-refractivity contribution in [2.45, 2.75) is 20.5 Å². The number of rotatable bonds is 4. The lowest BCUT2D eigenvalue weighted by molar-refractivity contribution is -0.138. The van der Waals surface area contributed by atoms with Gasteiger partial charge in [0.15, 0.2) is 0 Å². The monoisotopic (exact) mass is 216 g/mol. The first kappa shape index (κ1) is 12.3. The van der Waals surface area contributed by atoms with Crippen molar-refractivity contribution in [3.05, 3.63) is 53.8 Å². The molecule has 1 rings (SSSR count). The minimum Gasteiger partial charge on any atom is -0.457 e. The maximum absolute atomic E-state index is 11.2. The molecule has 0 N–H and O–H groups in total. The molecular formula is C14H16O2. The lowest BCUT2D eigenvalue weighted by Crippen LogP contribution is -1.99. The van der Waals surface area contributed by atoms with Crippen LogP contribution in [0, 0.1) is 5.92 Å². The molecule has 2 heteroatoms. The third kappa shape index (κ3) is 5.18. The number of carbonyl (C=O) groups excluding carboxylic acids is 1. The number of hydrogen-bond donors (Lipinski definition) is 0. The highest BCUT2D eigenvalue weighted by Crippen LogP contribution is 2.00. The standard InChI is InChI=1S/C14H16O2/c1-12(2)7-6-10-14(15)16-11-13-8-4-3-5-9-13/h3-5,7-10,12H,11H2,1-2H3. The van der Waals surface area contributed by atoms with Gasteiger partial charge in [0.2, 0.25) is 0 Å².